The number of carbonyl (C=O) groups is 2. The van der Waals surface area contributed by atoms with E-state index < -0.39 is 5.82 Å². The Bertz CT molecular complexity index is 1090. The number of hydrogen-bond acceptors (Lipinski definition) is 3. The number of pyridine rings is 1. The minimum absolute atomic E-state index is 0.0124. The summed E-state index contributed by atoms with van der Waals surface area (Å²) in [6.45, 7) is 1.82. The zero-order valence-corrected chi connectivity index (χ0v) is 17.1. The number of nitrogens with zero attached hydrogens (tertiary/aromatic N) is 2. The first kappa shape index (κ1) is 20.1. The summed E-state index contributed by atoms with van der Waals surface area (Å²) in [5.74, 6) is -0.764. The smallest absolute Gasteiger partial charge is 0.255 e. The number of aromatic nitrogens is 2. The second-order valence-corrected chi connectivity index (χ2v) is 7.84. The van der Waals surface area contributed by atoms with Crippen molar-refractivity contribution < 1.29 is 14.0 Å². The van der Waals surface area contributed by atoms with Gasteiger partial charge in [0, 0.05) is 54.4 Å². The molecule has 1 aromatic carbocycles. The summed E-state index contributed by atoms with van der Waals surface area (Å²) in [6, 6.07) is 8.83. The van der Waals surface area contributed by atoms with Crippen LogP contribution in [0.2, 0.25) is 0 Å². The van der Waals surface area contributed by atoms with Gasteiger partial charge in [-0.25, -0.2) is 4.39 Å². The topological polar surface area (TPSA) is 78.1 Å². The number of fused-ring (bicyclic) bond motifs is 1. The van der Waals surface area contributed by atoms with Crippen molar-refractivity contribution in [1.82, 2.24) is 20.2 Å². The Balaban J connectivity index is 1.48. The van der Waals surface area contributed by atoms with Crippen LogP contribution in [-0.2, 0) is 4.79 Å². The highest BCUT2D eigenvalue weighted by Crippen LogP contribution is 2.27. The monoisotopic (exact) mass is 408 g/mol. The Morgan fingerprint density at radius 3 is 2.87 bits per heavy atom. The average Bonchev–Trinajstić information content (AvgIpc) is 3.41. The minimum atomic E-state index is -0.524. The third kappa shape index (κ3) is 3.92. The van der Waals surface area contributed by atoms with E-state index in [1.807, 2.05) is 31.3 Å². The van der Waals surface area contributed by atoms with Gasteiger partial charge in [-0.15, -0.1) is 0 Å². The van der Waals surface area contributed by atoms with E-state index in [1.165, 1.54) is 12.3 Å². The molecule has 2 amide bonds. The average molecular weight is 408 g/mol. The number of halogens is 1. The third-order valence-electron chi connectivity index (χ3n) is 5.87. The van der Waals surface area contributed by atoms with Crippen molar-refractivity contribution in [2.75, 3.05) is 7.05 Å². The van der Waals surface area contributed by atoms with Gasteiger partial charge < -0.3 is 15.2 Å². The molecular weight excluding hydrogens is 383 g/mol. The largest absolute Gasteiger partial charge is 0.361 e. The van der Waals surface area contributed by atoms with Gasteiger partial charge in [-0.05, 0) is 43.5 Å². The Morgan fingerprint density at radius 2 is 2.10 bits per heavy atom. The van der Waals surface area contributed by atoms with Crippen molar-refractivity contribution in [2.24, 2.45) is 0 Å². The SMILES string of the molecule is CCC(=O)N[C@H]1CC[C@@H](N(C)C(=O)c2cnc(-c3ccc4[nH]ccc4c3)c(F)c2)C1. The highest BCUT2D eigenvalue weighted by Gasteiger charge is 2.31. The van der Waals surface area contributed by atoms with E-state index in [0.29, 0.717) is 18.4 Å². The molecule has 2 atom stereocenters. The van der Waals surface area contributed by atoms with Gasteiger partial charge in [0.1, 0.15) is 11.5 Å². The molecule has 1 fully saturated rings. The predicted octanol–water partition coefficient (Wildman–Crippen LogP) is 3.89. The first-order chi connectivity index (χ1) is 14.5. The maximum Gasteiger partial charge on any atom is 0.255 e. The predicted molar refractivity (Wildman–Crippen MR) is 113 cm³/mol. The standard InChI is InChI=1S/C23H25FN4O2/c1-3-21(29)27-17-5-6-18(12-17)28(2)23(30)16-11-19(24)22(26-13-16)15-4-7-20-14(10-15)8-9-25-20/h4,7-11,13,17-18,25H,3,5-6,12H2,1-2H3,(H,27,29)/t17-,18+/m0/s1. The van der Waals surface area contributed by atoms with Crippen LogP contribution in [0.3, 0.4) is 0 Å². The van der Waals surface area contributed by atoms with E-state index in [0.717, 1.165) is 23.7 Å². The van der Waals surface area contributed by atoms with Crippen LogP contribution in [0.25, 0.3) is 22.2 Å². The highest BCUT2D eigenvalue weighted by atomic mass is 19.1. The summed E-state index contributed by atoms with van der Waals surface area (Å²) < 4.78 is 14.8. The lowest BCUT2D eigenvalue weighted by molar-refractivity contribution is -0.121. The fourth-order valence-corrected chi connectivity index (χ4v) is 4.11. The van der Waals surface area contributed by atoms with Crippen LogP contribution in [0.15, 0.2) is 42.7 Å². The van der Waals surface area contributed by atoms with Crippen molar-refractivity contribution in [2.45, 2.75) is 44.7 Å². The summed E-state index contributed by atoms with van der Waals surface area (Å²) in [5.41, 5.74) is 2.08. The Hall–Kier alpha value is -3.22. The molecule has 0 radical (unpaired) electrons. The number of nitrogens with one attached hydrogen (secondary N) is 2. The molecular formula is C23H25FN4O2. The second-order valence-electron chi connectivity index (χ2n) is 7.84. The van der Waals surface area contributed by atoms with Crippen molar-refractivity contribution in [3.05, 3.63) is 54.1 Å². The first-order valence-electron chi connectivity index (χ1n) is 10.3. The van der Waals surface area contributed by atoms with Crippen molar-refractivity contribution in [3.63, 3.8) is 0 Å². The number of aromatic amines is 1. The zero-order chi connectivity index (χ0) is 21.3. The molecule has 1 aliphatic rings. The van der Waals surface area contributed by atoms with Crippen LogP contribution in [0.1, 0.15) is 43.0 Å². The molecule has 6 nitrogen and oxygen atoms in total. The maximum atomic E-state index is 14.8. The minimum Gasteiger partial charge on any atom is -0.361 e. The fourth-order valence-electron chi connectivity index (χ4n) is 4.11. The van der Waals surface area contributed by atoms with Gasteiger partial charge in [-0.3, -0.25) is 14.6 Å². The van der Waals surface area contributed by atoms with Crippen LogP contribution >= 0.6 is 0 Å². The first-order valence-corrected chi connectivity index (χ1v) is 10.3. The number of rotatable bonds is 5. The van der Waals surface area contributed by atoms with Gasteiger partial charge in [-0.2, -0.15) is 0 Å². The maximum absolute atomic E-state index is 14.8. The van der Waals surface area contributed by atoms with E-state index in [4.69, 9.17) is 0 Å². The molecule has 0 bridgehead atoms. The number of amides is 2. The van der Waals surface area contributed by atoms with E-state index in [2.05, 4.69) is 15.3 Å². The van der Waals surface area contributed by atoms with Crippen molar-refractivity contribution in [1.29, 1.82) is 0 Å². The molecule has 30 heavy (non-hydrogen) atoms. The van der Waals surface area contributed by atoms with E-state index in [9.17, 15) is 14.0 Å². The van der Waals surface area contributed by atoms with E-state index >= 15 is 0 Å². The molecule has 1 aliphatic carbocycles. The number of hydrogen-bond donors (Lipinski definition) is 2. The van der Waals surface area contributed by atoms with Crippen LogP contribution in [0, 0.1) is 5.82 Å². The van der Waals surface area contributed by atoms with Crippen molar-refractivity contribution in [3.8, 4) is 11.3 Å². The molecule has 3 aromatic rings. The molecule has 0 unspecified atom stereocenters. The summed E-state index contributed by atoms with van der Waals surface area (Å²) in [6.07, 6.45) is 6.06. The van der Waals surface area contributed by atoms with Crippen LogP contribution in [-0.4, -0.2) is 45.8 Å². The Morgan fingerprint density at radius 1 is 1.27 bits per heavy atom. The lowest BCUT2D eigenvalue weighted by Crippen LogP contribution is -2.38. The lowest BCUT2D eigenvalue weighted by Gasteiger charge is -2.25. The van der Waals surface area contributed by atoms with Crippen LogP contribution in [0.5, 0.6) is 0 Å². The highest BCUT2D eigenvalue weighted by molar-refractivity contribution is 5.94. The molecule has 2 aromatic heterocycles. The van der Waals surface area contributed by atoms with E-state index in [1.54, 1.807) is 18.0 Å². The summed E-state index contributed by atoms with van der Waals surface area (Å²) in [4.78, 5) is 33.5. The quantitative estimate of drug-likeness (QED) is 0.672. The summed E-state index contributed by atoms with van der Waals surface area (Å²) >= 11 is 0. The molecule has 156 valence electrons. The molecule has 2 N–H and O–H groups in total. The third-order valence-corrected chi connectivity index (χ3v) is 5.87. The van der Waals surface area contributed by atoms with Gasteiger partial charge in [0.2, 0.25) is 5.91 Å². The van der Waals surface area contributed by atoms with Crippen LogP contribution in [0.4, 0.5) is 4.39 Å². The summed E-state index contributed by atoms with van der Waals surface area (Å²) in [7, 11) is 1.72. The molecule has 4 rings (SSSR count). The molecule has 7 heteroatoms. The van der Waals surface area contributed by atoms with Gasteiger partial charge in [0.15, 0.2) is 0 Å². The number of benzene rings is 1. The van der Waals surface area contributed by atoms with Gasteiger partial charge in [-0.1, -0.05) is 13.0 Å². The fraction of sp³-hybridized carbons (Fsp3) is 0.348. The second kappa shape index (κ2) is 8.26. The zero-order valence-electron chi connectivity index (χ0n) is 17.1. The van der Waals surface area contributed by atoms with E-state index in [-0.39, 0.29) is 35.2 Å². The number of H-pyrrole nitrogens is 1. The molecule has 0 aliphatic heterocycles. The number of carbonyl (C=O) groups excluding carboxylic acids is 2. The molecule has 0 saturated heterocycles. The molecule has 0 spiro atoms. The summed E-state index contributed by atoms with van der Waals surface area (Å²) in [5, 5.41) is 3.96. The molecule has 1 saturated carbocycles. The lowest BCUT2D eigenvalue weighted by atomic mass is 10.1. The Labute approximate surface area is 174 Å². The molecule has 2 heterocycles. The normalized spacial score (nSPS) is 18.5. The van der Waals surface area contributed by atoms with Gasteiger partial charge in [0.25, 0.3) is 5.91 Å². The van der Waals surface area contributed by atoms with Gasteiger partial charge >= 0.3 is 0 Å². The Kier molecular flexibility index (Phi) is 5.53. The van der Waals surface area contributed by atoms with Crippen LogP contribution < -0.4 is 5.32 Å². The van der Waals surface area contributed by atoms with Gasteiger partial charge in [0.05, 0.1) is 5.56 Å². The van der Waals surface area contributed by atoms with Crippen molar-refractivity contribution >= 4 is 22.7 Å².